The molecule has 0 saturated heterocycles. The van der Waals surface area contributed by atoms with Crippen LogP contribution in [0.25, 0.3) is 10.9 Å². The van der Waals surface area contributed by atoms with E-state index in [0.717, 1.165) is 5.56 Å². The minimum absolute atomic E-state index is 0.0253. The second-order valence-corrected chi connectivity index (χ2v) is 7.21. The molecule has 0 aliphatic heterocycles. The zero-order valence-corrected chi connectivity index (χ0v) is 17.8. The fraction of sp³-hybridized carbons (Fsp3) is 0.125. The Morgan fingerprint density at radius 2 is 1.68 bits per heavy atom. The van der Waals surface area contributed by atoms with Crippen molar-refractivity contribution in [2.75, 3.05) is 12.4 Å². The van der Waals surface area contributed by atoms with Crippen LogP contribution in [0.1, 0.15) is 26.3 Å². The summed E-state index contributed by atoms with van der Waals surface area (Å²) in [5, 5.41) is 7.47. The Labute approximate surface area is 191 Å². The van der Waals surface area contributed by atoms with Gasteiger partial charge in [0.05, 0.1) is 24.7 Å². The fourth-order valence-electron chi connectivity index (χ4n) is 3.37. The van der Waals surface area contributed by atoms with Crippen LogP contribution in [0.3, 0.4) is 0 Å². The van der Waals surface area contributed by atoms with Gasteiger partial charge in [0.15, 0.2) is 5.82 Å². The molecule has 174 valence electrons. The van der Waals surface area contributed by atoms with E-state index in [9.17, 15) is 22.8 Å². The lowest BCUT2D eigenvalue weighted by atomic mass is 10.1. The van der Waals surface area contributed by atoms with Crippen LogP contribution in [0.4, 0.5) is 19.0 Å². The molecule has 0 spiro atoms. The number of hydrogen-bond donors (Lipinski definition) is 1. The van der Waals surface area contributed by atoms with E-state index in [1.54, 1.807) is 16.8 Å². The number of carbonyl (C=O) groups is 2. The van der Waals surface area contributed by atoms with E-state index in [0.29, 0.717) is 16.5 Å². The molecule has 4 rings (SSSR count). The Balaban J connectivity index is 1.59. The molecule has 0 radical (unpaired) electrons. The molecule has 1 heterocycles. The van der Waals surface area contributed by atoms with E-state index in [-0.39, 0.29) is 23.7 Å². The Bertz CT molecular complexity index is 1340. The number of methoxy groups -OCH3 is 1. The number of ether oxygens (including phenoxy) is 2. The largest absolute Gasteiger partial charge is 0.465 e. The Hall–Kier alpha value is -4.34. The molecule has 4 aromatic rings. The van der Waals surface area contributed by atoms with Crippen molar-refractivity contribution in [2.45, 2.75) is 13.2 Å². The van der Waals surface area contributed by atoms with Crippen molar-refractivity contribution in [2.24, 2.45) is 0 Å². The Kier molecular flexibility index (Phi) is 6.48. The average Bonchev–Trinajstić information content (AvgIpc) is 3.15. The van der Waals surface area contributed by atoms with E-state index < -0.39 is 24.3 Å². The zero-order chi connectivity index (χ0) is 24.2. The summed E-state index contributed by atoms with van der Waals surface area (Å²) in [6.07, 6.45) is 0. The van der Waals surface area contributed by atoms with Crippen LogP contribution >= 0.6 is 0 Å². The minimum Gasteiger partial charge on any atom is -0.465 e. The van der Waals surface area contributed by atoms with Crippen LogP contribution in [0, 0.1) is 5.82 Å². The van der Waals surface area contributed by atoms with E-state index in [4.69, 9.17) is 0 Å². The third-order valence-corrected chi connectivity index (χ3v) is 4.99. The first-order chi connectivity index (χ1) is 16.3. The number of amides is 1. The molecule has 1 N–H and O–H groups in total. The van der Waals surface area contributed by atoms with Crippen molar-refractivity contribution in [1.82, 2.24) is 9.78 Å². The summed E-state index contributed by atoms with van der Waals surface area (Å²) < 4.78 is 49.2. The maximum absolute atomic E-state index is 13.9. The van der Waals surface area contributed by atoms with Gasteiger partial charge in [0.2, 0.25) is 0 Å². The number of nitrogens with zero attached hydrogens (tertiary/aromatic N) is 2. The average molecular weight is 469 g/mol. The molecule has 0 fully saturated rings. The summed E-state index contributed by atoms with van der Waals surface area (Å²) >= 11 is 0. The van der Waals surface area contributed by atoms with Gasteiger partial charge in [-0.1, -0.05) is 12.1 Å². The van der Waals surface area contributed by atoms with Gasteiger partial charge in [-0.25, -0.2) is 9.18 Å². The molecule has 0 atom stereocenters. The summed E-state index contributed by atoms with van der Waals surface area (Å²) in [7, 11) is 1.26. The molecule has 7 nitrogen and oxygen atoms in total. The third kappa shape index (κ3) is 5.01. The molecule has 0 bridgehead atoms. The van der Waals surface area contributed by atoms with Crippen molar-refractivity contribution < 1.29 is 32.2 Å². The van der Waals surface area contributed by atoms with Gasteiger partial charge in [-0.2, -0.15) is 13.9 Å². The first-order valence-corrected chi connectivity index (χ1v) is 10.0. The van der Waals surface area contributed by atoms with Crippen LogP contribution in [0.5, 0.6) is 5.75 Å². The number of fused-ring (bicyclic) bond motifs is 1. The highest BCUT2D eigenvalue weighted by Crippen LogP contribution is 2.26. The Morgan fingerprint density at radius 3 is 2.32 bits per heavy atom. The SMILES string of the molecule is COC(=O)c1ccc(C(=O)Nc2nn(Cc3ccc(OC(F)F)cc3)c3ccc(F)cc23)cc1. The minimum atomic E-state index is -2.92. The van der Waals surface area contributed by atoms with Gasteiger partial charge < -0.3 is 14.8 Å². The standard InChI is InChI=1S/C24H18F3N3O4/c1-33-23(32)16-6-4-15(5-7-16)22(31)28-21-19-12-17(25)8-11-20(19)30(29-21)13-14-2-9-18(10-3-14)34-24(26)27/h2-12,24H,13H2,1H3,(H,28,29,31). The van der Waals surface area contributed by atoms with Crippen molar-refractivity contribution in [3.8, 4) is 5.75 Å². The topological polar surface area (TPSA) is 82.5 Å². The fourth-order valence-corrected chi connectivity index (χ4v) is 3.37. The number of rotatable bonds is 7. The molecule has 3 aromatic carbocycles. The smallest absolute Gasteiger partial charge is 0.387 e. The van der Waals surface area contributed by atoms with Gasteiger partial charge in [0.1, 0.15) is 11.6 Å². The van der Waals surface area contributed by atoms with Crippen LogP contribution in [-0.4, -0.2) is 35.4 Å². The summed E-state index contributed by atoms with van der Waals surface area (Å²) in [5.41, 5.74) is 1.85. The van der Waals surface area contributed by atoms with Gasteiger partial charge in [-0.3, -0.25) is 9.48 Å². The second kappa shape index (κ2) is 9.65. The van der Waals surface area contributed by atoms with Gasteiger partial charge in [0.25, 0.3) is 5.91 Å². The highest BCUT2D eigenvalue weighted by atomic mass is 19.3. The lowest BCUT2D eigenvalue weighted by molar-refractivity contribution is -0.0498. The molecule has 0 unspecified atom stereocenters. The number of hydrogen-bond acceptors (Lipinski definition) is 5. The Morgan fingerprint density at radius 1 is 1.00 bits per heavy atom. The molecule has 10 heteroatoms. The maximum Gasteiger partial charge on any atom is 0.387 e. The number of nitrogens with one attached hydrogen (secondary N) is 1. The summed E-state index contributed by atoms with van der Waals surface area (Å²) in [6, 6.07) is 15.9. The lowest BCUT2D eigenvalue weighted by Crippen LogP contribution is -2.13. The number of anilines is 1. The number of aromatic nitrogens is 2. The first-order valence-electron chi connectivity index (χ1n) is 10.0. The van der Waals surface area contributed by atoms with E-state index in [1.807, 2.05) is 0 Å². The molecule has 34 heavy (non-hydrogen) atoms. The number of benzene rings is 3. The van der Waals surface area contributed by atoms with Gasteiger partial charge in [-0.05, 0) is 60.2 Å². The second-order valence-electron chi connectivity index (χ2n) is 7.21. The van der Waals surface area contributed by atoms with Gasteiger partial charge >= 0.3 is 12.6 Å². The number of esters is 1. The predicted molar refractivity (Wildman–Crippen MR) is 118 cm³/mol. The summed E-state index contributed by atoms with van der Waals surface area (Å²) in [5.74, 6) is -1.35. The number of halogens is 3. The van der Waals surface area contributed by atoms with E-state index in [1.165, 1.54) is 61.7 Å². The molecular weight excluding hydrogens is 451 g/mol. The van der Waals surface area contributed by atoms with E-state index in [2.05, 4.69) is 19.9 Å². The highest BCUT2D eigenvalue weighted by Gasteiger charge is 2.16. The predicted octanol–water partition coefficient (Wildman–Crippen LogP) is 4.86. The molecule has 0 aliphatic rings. The van der Waals surface area contributed by atoms with Crippen LogP contribution in [0.2, 0.25) is 0 Å². The van der Waals surface area contributed by atoms with Crippen LogP contribution in [0.15, 0.2) is 66.7 Å². The molecule has 0 aliphatic carbocycles. The molecule has 0 saturated carbocycles. The monoisotopic (exact) mass is 469 g/mol. The van der Waals surface area contributed by atoms with Crippen molar-refractivity contribution >= 4 is 28.6 Å². The van der Waals surface area contributed by atoms with E-state index >= 15 is 0 Å². The molecule has 1 amide bonds. The third-order valence-electron chi connectivity index (χ3n) is 4.99. The number of alkyl halides is 2. The van der Waals surface area contributed by atoms with Gasteiger partial charge in [-0.15, -0.1) is 0 Å². The lowest BCUT2D eigenvalue weighted by Gasteiger charge is -2.07. The molecule has 1 aromatic heterocycles. The van der Waals surface area contributed by atoms with Crippen LogP contribution in [-0.2, 0) is 11.3 Å². The molecular formula is C24H18F3N3O4. The maximum atomic E-state index is 13.9. The highest BCUT2D eigenvalue weighted by molar-refractivity contribution is 6.08. The quantitative estimate of drug-likeness (QED) is 0.391. The van der Waals surface area contributed by atoms with Gasteiger partial charge in [0, 0.05) is 10.9 Å². The normalized spacial score (nSPS) is 11.0. The zero-order valence-electron chi connectivity index (χ0n) is 17.8. The summed E-state index contributed by atoms with van der Waals surface area (Å²) in [4.78, 5) is 24.3. The van der Waals surface area contributed by atoms with Crippen LogP contribution < -0.4 is 10.1 Å². The first kappa shape index (κ1) is 22.8. The number of carbonyl (C=O) groups excluding carboxylic acids is 2. The summed E-state index contributed by atoms with van der Waals surface area (Å²) in [6.45, 7) is -2.68. The van der Waals surface area contributed by atoms with Crippen molar-refractivity contribution in [1.29, 1.82) is 0 Å². The van der Waals surface area contributed by atoms with Crippen molar-refractivity contribution in [3.63, 3.8) is 0 Å². The van der Waals surface area contributed by atoms with Crippen molar-refractivity contribution in [3.05, 3.63) is 89.2 Å².